The van der Waals surface area contributed by atoms with Gasteiger partial charge in [0.05, 0.1) is 18.1 Å². The Labute approximate surface area is 132 Å². The number of rotatable bonds is 2. The van der Waals surface area contributed by atoms with Crippen LogP contribution in [0.1, 0.15) is 30.9 Å². The van der Waals surface area contributed by atoms with Crippen molar-refractivity contribution in [1.29, 1.82) is 0 Å². The van der Waals surface area contributed by atoms with E-state index in [4.69, 9.17) is 9.47 Å². The molecule has 0 radical (unpaired) electrons. The van der Waals surface area contributed by atoms with Gasteiger partial charge in [-0.05, 0) is 37.8 Å². The molecule has 4 nitrogen and oxygen atoms in total. The second kappa shape index (κ2) is 6.39. The summed E-state index contributed by atoms with van der Waals surface area (Å²) in [5, 5.41) is 0. The second-order valence-electron chi connectivity index (χ2n) is 6.44. The highest BCUT2D eigenvalue weighted by Gasteiger charge is 2.45. The molecule has 1 aromatic carbocycles. The monoisotopic (exact) mass is 303 g/mol. The van der Waals surface area contributed by atoms with Crippen molar-refractivity contribution in [2.24, 2.45) is 0 Å². The number of morpholine rings is 1. The lowest BCUT2D eigenvalue weighted by atomic mass is 9.71. The van der Waals surface area contributed by atoms with Crippen molar-refractivity contribution in [3.63, 3.8) is 0 Å². The Morgan fingerprint density at radius 2 is 1.95 bits per heavy atom. The minimum absolute atomic E-state index is 0.117. The molecule has 1 aromatic rings. The Balaban J connectivity index is 1.95. The van der Waals surface area contributed by atoms with Crippen molar-refractivity contribution in [2.45, 2.75) is 38.2 Å². The van der Waals surface area contributed by atoms with Gasteiger partial charge in [-0.15, -0.1) is 0 Å². The van der Waals surface area contributed by atoms with Crippen LogP contribution >= 0.6 is 0 Å². The zero-order valence-corrected chi connectivity index (χ0v) is 13.5. The summed E-state index contributed by atoms with van der Waals surface area (Å²) >= 11 is 0. The minimum Gasteiger partial charge on any atom is -0.381 e. The predicted molar refractivity (Wildman–Crippen MR) is 84.9 cm³/mol. The van der Waals surface area contributed by atoms with Gasteiger partial charge in [0.1, 0.15) is 0 Å². The summed E-state index contributed by atoms with van der Waals surface area (Å²) in [7, 11) is 0. The van der Waals surface area contributed by atoms with Crippen molar-refractivity contribution < 1.29 is 14.3 Å². The first-order chi connectivity index (χ1) is 10.6. The number of benzene rings is 1. The molecule has 2 aliphatic heterocycles. The first-order valence-corrected chi connectivity index (χ1v) is 8.18. The van der Waals surface area contributed by atoms with Crippen molar-refractivity contribution in [2.75, 3.05) is 32.9 Å². The van der Waals surface area contributed by atoms with Gasteiger partial charge < -0.3 is 14.4 Å². The van der Waals surface area contributed by atoms with E-state index in [9.17, 15) is 4.79 Å². The molecule has 0 aromatic heterocycles. The van der Waals surface area contributed by atoms with E-state index in [1.807, 2.05) is 24.0 Å². The summed E-state index contributed by atoms with van der Waals surface area (Å²) in [6.07, 6.45) is 1.65. The number of carbonyl (C=O) groups is 1. The van der Waals surface area contributed by atoms with Gasteiger partial charge in [0, 0.05) is 26.3 Å². The number of ether oxygens (including phenoxy) is 2. The number of carbonyl (C=O) groups excluding carboxylic acids is 1. The molecule has 0 aliphatic carbocycles. The third-order valence-corrected chi connectivity index (χ3v) is 4.94. The highest BCUT2D eigenvalue weighted by atomic mass is 16.5. The Kier molecular flexibility index (Phi) is 4.50. The van der Waals surface area contributed by atoms with E-state index in [1.54, 1.807) is 0 Å². The van der Waals surface area contributed by atoms with E-state index in [0.717, 1.165) is 12.8 Å². The fraction of sp³-hybridized carbons (Fsp3) is 0.611. The first-order valence-electron chi connectivity index (χ1n) is 8.18. The molecule has 2 heterocycles. The van der Waals surface area contributed by atoms with E-state index in [0.29, 0.717) is 32.9 Å². The van der Waals surface area contributed by atoms with Crippen LogP contribution in [-0.2, 0) is 19.7 Å². The molecule has 0 N–H and O–H groups in total. The highest BCUT2D eigenvalue weighted by molar-refractivity contribution is 5.89. The molecule has 0 spiro atoms. The molecule has 0 saturated carbocycles. The minimum atomic E-state index is -0.430. The van der Waals surface area contributed by atoms with Gasteiger partial charge in [0.2, 0.25) is 5.91 Å². The summed E-state index contributed by atoms with van der Waals surface area (Å²) in [6, 6.07) is 8.28. The zero-order valence-electron chi connectivity index (χ0n) is 13.5. The maximum absolute atomic E-state index is 13.4. The zero-order chi connectivity index (χ0) is 15.6. The van der Waals surface area contributed by atoms with E-state index >= 15 is 0 Å². The lowest BCUT2D eigenvalue weighted by Gasteiger charge is -2.42. The highest BCUT2D eigenvalue weighted by Crippen LogP contribution is 2.38. The molecular formula is C18H25NO3. The quantitative estimate of drug-likeness (QED) is 0.841. The fourth-order valence-electron chi connectivity index (χ4n) is 3.73. The molecule has 2 saturated heterocycles. The van der Waals surface area contributed by atoms with E-state index in [-0.39, 0.29) is 12.0 Å². The Morgan fingerprint density at radius 3 is 2.64 bits per heavy atom. The summed E-state index contributed by atoms with van der Waals surface area (Å²) in [5.74, 6) is 0.250. The van der Waals surface area contributed by atoms with Crippen molar-refractivity contribution >= 4 is 5.91 Å². The topological polar surface area (TPSA) is 38.8 Å². The van der Waals surface area contributed by atoms with Crippen LogP contribution in [0.25, 0.3) is 0 Å². The lowest BCUT2D eigenvalue weighted by Crippen LogP contribution is -2.54. The Morgan fingerprint density at radius 1 is 1.23 bits per heavy atom. The predicted octanol–water partition coefficient (Wildman–Crippen LogP) is 2.29. The average molecular weight is 303 g/mol. The fourth-order valence-corrected chi connectivity index (χ4v) is 3.73. The molecule has 4 heteroatoms. The number of nitrogens with zero attached hydrogens (tertiary/aromatic N) is 1. The first kappa shape index (κ1) is 15.5. The van der Waals surface area contributed by atoms with Gasteiger partial charge in [0.25, 0.3) is 0 Å². The largest absolute Gasteiger partial charge is 0.381 e. The van der Waals surface area contributed by atoms with E-state index in [1.165, 1.54) is 11.1 Å². The molecule has 1 amide bonds. The maximum atomic E-state index is 13.4. The van der Waals surface area contributed by atoms with Gasteiger partial charge >= 0.3 is 0 Å². The van der Waals surface area contributed by atoms with Crippen LogP contribution in [-0.4, -0.2) is 49.8 Å². The van der Waals surface area contributed by atoms with Gasteiger partial charge in [-0.25, -0.2) is 0 Å². The van der Waals surface area contributed by atoms with Crippen molar-refractivity contribution in [3.05, 3.63) is 35.4 Å². The normalized spacial score (nSPS) is 25.0. The van der Waals surface area contributed by atoms with E-state index in [2.05, 4.69) is 19.1 Å². The summed E-state index contributed by atoms with van der Waals surface area (Å²) in [5.41, 5.74) is 1.93. The number of hydrogen-bond acceptors (Lipinski definition) is 3. The molecule has 0 unspecified atom stereocenters. The molecule has 2 aliphatic rings. The molecule has 1 atom stereocenters. The van der Waals surface area contributed by atoms with Gasteiger partial charge in [0.15, 0.2) is 0 Å². The van der Waals surface area contributed by atoms with Crippen LogP contribution < -0.4 is 0 Å². The SMILES string of the molecule is Cc1ccccc1C1(C(=O)N2CCO[C@@H](C)C2)CCOCC1. The van der Waals surface area contributed by atoms with Crippen LogP contribution in [0.5, 0.6) is 0 Å². The summed E-state index contributed by atoms with van der Waals surface area (Å²) in [6.45, 7) is 7.45. The third-order valence-electron chi connectivity index (χ3n) is 4.94. The van der Waals surface area contributed by atoms with Crippen LogP contribution in [0.2, 0.25) is 0 Å². The standard InChI is InChI=1S/C18H25NO3/c1-14-5-3-4-6-16(14)18(7-10-21-11-8-18)17(20)19-9-12-22-15(2)13-19/h3-6,15H,7-13H2,1-2H3/t15-/m0/s1. The van der Waals surface area contributed by atoms with Gasteiger partial charge in [-0.2, -0.15) is 0 Å². The lowest BCUT2D eigenvalue weighted by molar-refractivity contribution is -0.148. The number of aryl methyl sites for hydroxylation is 1. The van der Waals surface area contributed by atoms with Gasteiger partial charge in [-0.3, -0.25) is 4.79 Å². The second-order valence-corrected chi connectivity index (χ2v) is 6.44. The summed E-state index contributed by atoms with van der Waals surface area (Å²) in [4.78, 5) is 15.4. The van der Waals surface area contributed by atoms with Crippen LogP contribution in [0.3, 0.4) is 0 Å². The smallest absolute Gasteiger partial charge is 0.233 e. The number of amides is 1. The Bertz CT molecular complexity index is 537. The van der Waals surface area contributed by atoms with Crippen LogP contribution in [0.4, 0.5) is 0 Å². The molecule has 2 fully saturated rings. The number of hydrogen-bond donors (Lipinski definition) is 0. The molecular weight excluding hydrogens is 278 g/mol. The van der Waals surface area contributed by atoms with E-state index < -0.39 is 5.41 Å². The molecule has 22 heavy (non-hydrogen) atoms. The Hall–Kier alpha value is -1.39. The molecule has 3 rings (SSSR count). The average Bonchev–Trinajstić information content (AvgIpc) is 2.55. The van der Waals surface area contributed by atoms with Crippen molar-refractivity contribution in [1.82, 2.24) is 4.90 Å². The van der Waals surface area contributed by atoms with Crippen molar-refractivity contribution in [3.8, 4) is 0 Å². The summed E-state index contributed by atoms with van der Waals surface area (Å²) < 4.78 is 11.1. The molecule has 0 bridgehead atoms. The van der Waals surface area contributed by atoms with Crippen LogP contribution in [0.15, 0.2) is 24.3 Å². The molecule has 120 valence electrons. The van der Waals surface area contributed by atoms with Gasteiger partial charge in [-0.1, -0.05) is 24.3 Å². The maximum Gasteiger partial charge on any atom is 0.233 e. The third kappa shape index (κ3) is 2.77. The van der Waals surface area contributed by atoms with Crippen LogP contribution in [0, 0.1) is 6.92 Å².